The minimum Gasteiger partial charge on any atom is -0.479 e. The molecule has 0 heterocycles. The summed E-state index contributed by atoms with van der Waals surface area (Å²) in [5, 5.41) is 27.8. The van der Waals surface area contributed by atoms with Gasteiger partial charge in [0.25, 0.3) is 0 Å². The standard InChI is InChI=1S/C10H14O4/c1-6-3-4-10(2,7(11)5-6)8(12)9(13)14/h3-5,7-8,11-12H,1-2H3,(H,13,14). The van der Waals surface area contributed by atoms with Crippen molar-refractivity contribution in [3.63, 3.8) is 0 Å². The Morgan fingerprint density at radius 1 is 1.64 bits per heavy atom. The maximum atomic E-state index is 10.6. The maximum Gasteiger partial charge on any atom is 0.333 e. The fourth-order valence-electron chi connectivity index (χ4n) is 1.41. The molecule has 0 amide bonds. The molecule has 4 heteroatoms. The largest absolute Gasteiger partial charge is 0.479 e. The third kappa shape index (κ3) is 1.71. The fraction of sp³-hybridized carbons (Fsp3) is 0.500. The second-order valence-electron chi connectivity index (χ2n) is 3.80. The molecule has 0 fully saturated rings. The average molecular weight is 198 g/mol. The summed E-state index contributed by atoms with van der Waals surface area (Å²) in [7, 11) is 0. The summed E-state index contributed by atoms with van der Waals surface area (Å²) in [6.45, 7) is 3.31. The molecule has 14 heavy (non-hydrogen) atoms. The van der Waals surface area contributed by atoms with E-state index in [0.29, 0.717) is 0 Å². The molecular weight excluding hydrogens is 184 g/mol. The summed E-state index contributed by atoms with van der Waals surface area (Å²) in [6.07, 6.45) is 2.19. The Labute approximate surface area is 82.2 Å². The van der Waals surface area contributed by atoms with Gasteiger partial charge in [-0.1, -0.05) is 30.7 Å². The highest BCUT2D eigenvalue weighted by atomic mass is 16.4. The van der Waals surface area contributed by atoms with Crippen molar-refractivity contribution in [3.05, 3.63) is 23.8 Å². The molecule has 0 radical (unpaired) electrons. The Kier molecular flexibility index (Phi) is 2.78. The summed E-state index contributed by atoms with van der Waals surface area (Å²) in [6, 6.07) is 0. The van der Waals surface area contributed by atoms with E-state index in [1.807, 2.05) is 0 Å². The van der Waals surface area contributed by atoms with Gasteiger partial charge in [-0.05, 0) is 6.92 Å². The number of aliphatic carboxylic acids is 1. The van der Waals surface area contributed by atoms with Crippen LogP contribution in [0.1, 0.15) is 13.8 Å². The molecule has 0 bridgehead atoms. The normalized spacial score (nSPS) is 33.7. The Bertz CT molecular complexity index is 305. The second kappa shape index (κ2) is 3.55. The van der Waals surface area contributed by atoms with E-state index in [2.05, 4.69) is 0 Å². The lowest BCUT2D eigenvalue weighted by atomic mass is 9.75. The van der Waals surface area contributed by atoms with Crippen molar-refractivity contribution in [1.29, 1.82) is 0 Å². The average Bonchev–Trinajstić information content (AvgIpc) is 2.10. The van der Waals surface area contributed by atoms with Crippen LogP contribution in [0, 0.1) is 5.41 Å². The Balaban J connectivity index is 2.97. The monoisotopic (exact) mass is 198 g/mol. The lowest BCUT2D eigenvalue weighted by Crippen LogP contribution is -2.46. The minimum absolute atomic E-state index is 0.854. The molecule has 1 aliphatic carbocycles. The molecule has 0 saturated heterocycles. The van der Waals surface area contributed by atoms with Crippen LogP contribution in [0.2, 0.25) is 0 Å². The number of aliphatic hydroxyl groups excluding tert-OH is 2. The Morgan fingerprint density at radius 2 is 2.21 bits per heavy atom. The first kappa shape index (κ1) is 10.9. The highest BCUT2D eigenvalue weighted by Crippen LogP contribution is 2.33. The van der Waals surface area contributed by atoms with Gasteiger partial charge in [-0.25, -0.2) is 4.79 Å². The van der Waals surface area contributed by atoms with Crippen molar-refractivity contribution in [1.82, 2.24) is 0 Å². The Morgan fingerprint density at radius 3 is 2.64 bits per heavy atom. The van der Waals surface area contributed by atoms with Gasteiger partial charge in [-0.2, -0.15) is 0 Å². The van der Waals surface area contributed by atoms with Crippen LogP contribution in [0.3, 0.4) is 0 Å². The molecule has 0 spiro atoms. The van der Waals surface area contributed by atoms with E-state index in [9.17, 15) is 15.0 Å². The smallest absolute Gasteiger partial charge is 0.333 e. The first-order chi connectivity index (χ1) is 6.38. The molecule has 0 aromatic heterocycles. The van der Waals surface area contributed by atoms with Crippen molar-refractivity contribution in [2.24, 2.45) is 5.41 Å². The SMILES string of the molecule is CC1=CC(O)C(C)(C(O)C(=O)O)C=C1. The van der Waals surface area contributed by atoms with Crippen LogP contribution in [0.15, 0.2) is 23.8 Å². The molecule has 4 nitrogen and oxygen atoms in total. The summed E-state index contributed by atoms with van der Waals surface area (Å²) in [5.41, 5.74) is -0.293. The first-order valence-corrected chi connectivity index (χ1v) is 4.34. The number of allylic oxidation sites excluding steroid dienone is 2. The van der Waals surface area contributed by atoms with Crippen LogP contribution in [0.4, 0.5) is 0 Å². The van der Waals surface area contributed by atoms with Gasteiger partial charge in [-0.15, -0.1) is 0 Å². The second-order valence-corrected chi connectivity index (χ2v) is 3.80. The van der Waals surface area contributed by atoms with Crippen molar-refractivity contribution < 1.29 is 20.1 Å². The van der Waals surface area contributed by atoms with Crippen LogP contribution >= 0.6 is 0 Å². The van der Waals surface area contributed by atoms with E-state index in [1.54, 1.807) is 13.0 Å². The van der Waals surface area contributed by atoms with Gasteiger partial charge in [0.2, 0.25) is 0 Å². The predicted octanol–water partition coefficient (Wildman–Crippen LogP) is 0.315. The summed E-state index contributed by atoms with van der Waals surface area (Å²) >= 11 is 0. The molecule has 1 aliphatic rings. The van der Waals surface area contributed by atoms with Gasteiger partial charge < -0.3 is 15.3 Å². The molecule has 1 rings (SSSR count). The van der Waals surface area contributed by atoms with Crippen LogP contribution in [0.25, 0.3) is 0 Å². The number of carboxylic acid groups (broad SMARTS) is 1. The van der Waals surface area contributed by atoms with Gasteiger partial charge in [0.1, 0.15) is 0 Å². The summed E-state index contributed by atoms with van der Waals surface area (Å²) in [4.78, 5) is 10.6. The fourth-order valence-corrected chi connectivity index (χ4v) is 1.41. The van der Waals surface area contributed by atoms with Crippen molar-refractivity contribution in [2.75, 3.05) is 0 Å². The van der Waals surface area contributed by atoms with Gasteiger partial charge in [0.05, 0.1) is 11.5 Å². The van der Waals surface area contributed by atoms with Gasteiger partial charge in [-0.3, -0.25) is 0 Å². The molecule has 3 unspecified atom stereocenters. The lowest BCUT2D eigenvalue weighted by molar-refractivity contribution is -0.155. The number of hydrogen-bond donors (Lipinski definition) is 3. The van der Waals surface area contributed by atoms with Crippen molar-refractivity contribution in [2.45, 2.75) is 26.1 Å². The lowest BCUT2D eigenvalue weighted by Gasteiger charge is -2.34. The molecule has 0 aromatic carbocycles. The molecular formula is C10H14O4. The summed E-state index contributed by atoms with van der Waals surface area (Å²) < 4.78 is 0. The van der Waals surface area contributed by atoms with E-state index >= 15 is 0 Å². The zero-order chi connectivity index (χ0) is 10.9. The number of carboxylic acids is 1. The van der Waals surface area contributed by atoms with Crippen LogP contribution in [-0.2, 0) is 4.79 Å². The quantitative estimate of drug-likeness (QED) is 0.597. The topological polar surface area (TPSA) is 77.8 Å². The Hall–Kier alpha value is -1.13. The molecule has 0 aliphatic heterocycles. The van der Waals surface area contributed by atoms with Crippen LogP contribution in [0.5, 0.6) is 0 Å². The third-order valence-electron chi connectivity index (χ3n) is 2.59. The first-order valence-electron chi connectivity index (χ1n) is 4.34. The number of hydrogen-bond acceptors (Lipinski definition) is 3. The van der Waals surface area contributed by atoms with Crippen molar-refractivity contribution >= 4 is 5.97 Å². The molecule has 3 N–H and O–H groups in total. The van der Waals surface area contributed by atoms with Gasteiger partial charge >= 0.3 is 5.97 Å². The number of aliphatic hydroxyl groups is 2. The summed E-state index contributed by atoms with van der Waals surface area (Å²) in [5.74, 6) is -1.33. The highest BCUT2D eigenvalue weighted by Gasteiger charge is 2.42. The highest BCUT2D eigenvalue weighted by molar-refractivity contribution is 5.74. The van der Waals surface area contributed by atoms with E-state index in [4.69, 9.17) is 5.11 Å². The molecule has 0 saturated carbocycles. The third-order valence-corrected chi connectivity index (χ3v) is 2.59. The van der Waals surface area contributed by atoms with E-state index in [-0.39, 0.29) is 0 Å². The number of rotatable bonds is 2. The van der Waals surface area contributed by atoms with E-state index in [0.717, 1.165) is 5.57 Å². The molecule has 3 atom stereocenters. The minimum atomic E-state index is -1.60. The van der Waals surface area contributed by atoms with Gasteiger partial charge in [0, 0.05) is 0 Å². The molecule has 0 aromatic rings. The predicted molar refractivity (Wildman–Crippen MR) is 50.7 cm³/mol. The van der Waals surface area contributed by atoms with Gasteiger partial charge in [0.15, 0.2) is 6.10 Å². The van der Waals surface area contributed by atoms with E-state index in [1.165, 1.54) is 19.1 Å². The maximum absolute atomic E-state index is 10.6. The zero-order valence-corrected chi connectivity index (χ0v) is 8.14. The number of carbonyl (C=O) groups is 1. The van der Waals surface area contributed by atoms with Crippen LogP contribution in [-0.4, -0.2) is 33.5 Å². The van der Waals surface area contributed by atoms with Crippen molar-refractivity contribution in [3.8, 4) is 0 Å². The molecule has 78 valence electrons. The van der Waals surface area contributed by atoms with E-state index < -0.39 is 23.6 Å². The van der Waals surface area contributed by atoms with Crippen LogP contribution < -0.4 is 0 Å². The zero-order valence-electron chi connectivity index (χ0n) is 8.14.